The van der Waals surface area contributed by atoms with Crippen LogP contribution in [0.3, 0.4) is 0 Å². The highest BCUT2D eigenvalue weighted by atomic mass is 35.5. The number of benzene rings is 1. The number of carbonyl (C=O) groups is 2. The minimum atomic E-state index is -0.775. The van der Waals surface area contributed by atoms with E-state index in [1.807, 2.05) is 19.1 Å². The van der Waals surface area contributed by atoms with Crippen molar-refractivity contribution < 1.29 is 14.7 Å². The number of aliphatic carboxylic acids is 1. The quantitative estimate of drug-likeness (QED) is 0.873. The predicted octanol–water partition coefficient (Wildman–Crippen LogP) is 3.06. The van der Waals surface area contributed by atoms with Gasteiger partial charge in [-0.25, -0.2) is 0 Å². The van der Waals surface area contributed by atoms with Gasteiger partial charge in [-0.05, 0) is 43.5 Å². The van der Waals surface area contributed by atoms with Gasteiger partial charge in [0, 0.05) is 23.7 Å². The molecule has 2 rings (SSSR count). The third kappa shape index (κ3) is 4.08. The van der Waals surface area contributed by atoms with Crippen molar-refractivity contribution in [1.29, 1.82) is 0 Å². The van der Waals surface area contributed by atoms with Crippen LogP contribution in [-0.4, -0.2) is 34.5 Å². The molecule has 1 amide bonds. The fourth-order valence-electron chi connectivity index (χ4n) is 2.60. The normalized spacial score (nSPS) is 22.5. The van der Waals surface area contributed by atoms with E-state index in [9.17, 15) is 9.59 Å². The molecule has 1 aromatic carbocycles. The highest BCUT2D eigenvalue weighted by Gasteiger charge is 2.31. The van der Waals surface area contributed by atoms with E-state index in [-0.39, 0.29) is 17.9 Å². The van der Waals surface area contributed by atoms with Crippen molar-refractivity contribution in [3.63, 3.8) is 0 Å². The Morgan fingerprint density at radius 3 is 2.81 bits per heavy atom. The number of rotatable bonds is 3. The van der Waals surface area contributed by atoms with Crippen LogP contribution < -0.4 is 0 Å². The third-order valence-electron chi connectivity index (χ3n) is 3.78. The zero-order valence-electron chi connectivity index (χ0n) is 11.8. The number of carboxylic acids is 1. The fraction of sp³-hybridized carbons (Fsp3) is 0.375. The van der Waals surface area contributed by atoms with Gasteiger partial charge >= 0.3 is 5.97 Å². The van der Waals surface area contributed by atoms with Crippen molar-refractivity contribution in [2.24, 2.45) is 5.92 Å². The maximum atomic E-state index is 12.2. The molecule has 1 aliphatic heterocycles. The first-order valence-electron chi connectivity index (χ1n) is 6.94. The molecule has 2 unspecified atom stereocenters. The fourth-order valence-corrected chi connectivity index (χ4v) is 2.80. The topological polar surface area (TPSA) is 57.6 Å². The van der Waals surface area contributed by atoms with Crippen molar-refractivity contribution in [2.75, 3.05) is 6.54 Å². The summed E-state index contributed by atoms with van der Waals surface area (Å²) in [7, 11) is 0. The molecule has 0 aliphatic carbocycles. The Hall–Kier alpha value is -1.81. The summed E-state index contributed by atoms with van der Waals surface area (Å²) in [5, 5.41) is 9.65. The zero-order chi connectivity index (χ0) is 15.4. The lowest BCUT2D eigenvalue weighted by Gasteiger charge is -2.35. The number of halogens is 1. The third-order valence-corrected chi connectivity index (χ3v) is 4.01. The molecular formula is C16H18ClNO3. The smallest absolute Gasteiger partial charge is 0.306 e. The zero-order valence-corrected chi connectivity index (χ0v) is 12.6. The Kier molecular flexibility index (Phi) is 5.02. The van der Waals surface area contributed by atoms with Gasteiger partial charge in [-0.1, -0.05) is 23.7 Å². The van der Waals surface area contributed by atoms with Crippen LogP contribution in [0, 0.1) is 5.92 Å². The summed E-state index contributed by atoms with van der Waals surface area (Å²) in [5.74, 6) is -1.21. The summed E-state index contributed by atoms with van der Waals surface area (Å²) in [4.78, 5) is 24.9. The summed E-state index contributed by atoms with van der Waals surface area (Å²) >= 11 is 5.89. The van der Waals surface area contributed by atoms with Gasteiger partial charge < -0.3 is 10.0 Å². The van der Waals surface area contributed by atoms with Crippen LogP contribution in [-0.2, 0) is 9.59 Å². The van der Waals surface area contributed by atoms with Gasteiger partial charge in [-0.2, -0.15) is 0 Å². The lowest BCUT2D eigenvalue weighted by molar-refractivity contribution is -0.146. The maximum absolute atomic E-state index is 12.2. The van der Waals surface area contributed by atoms with Crippen LogP contribution >= 0.6 is 11.6 Å². The monoisotopic (exact) mass is 307 g/mol. The van der Waals surface area contributed by atoms with Crippen LogP contribution in [0.5, 0.6) is 0 Å². The molecule has 1 heterocycles. The van der Waals surface area contributed by atoms with E-state index in [1.165, 1.54) is 6.08 Å². The Balaban J connectivity index is 1.99. The first-order chi connectivity index (χ1) is 9.97. The minimum absolute atomic E-state index is 0.0589. The summed E-state index contributed by atoms with van der Waals surface area (Å²) in [6.45, 7) is 2.37. The lowest BCUT2D eigenvalue weighted by atomic mass is 9.91. The van der Waals surface area contributed by atoms with E-state index in [0.717, 1.165) is 5.56 Å². The molecule has 0 spiro atoms. The second-order valence-electron chi connectivity index (χ2n) is 5.33. The molecule has 0 aromatic heterocycles. The molecule has 4 nitrogen and oxygen atoms in total. The molecule has 1 aromatic rings. The van der Waals surface area contributed by atoms with E-state index < -0.39 is 5.97 Å². The number of piperidine rings is 1. The van der Waals surface area contributed by atoms with Crippen LogP contribution in [0.15, 0.2) is 30.3 Å². The number of hydrogen-bond acceptors (Lipinski definition) is 2. The predicted molar refractivity (Wildman–Crippen MR) is 82.0 cm³/mol. The number of nitrogens with zero attached hydrogens (tertiary/aromatic N) is 1. The largest absolute Gasteiger partial charge is 0.481 e. The summed E-state index contributed by atoms with van der Waals surface area (Å²) in [5.41, 5.74) is 0.865. The molecule has 1 fully saturated rings. The van der Waals surface area contributed by atoms with Crippen molar-refractivity contribution in [2.45, 2.75) is 25.8 Å². The molecule has 21 heavy (non-hydrogen) atoms. The summed E-state index contributed by atoms with van der Waals surface area (Å²) in [6, 6.07) is 7.20. The second kappa shape index (κ2) is 6.76. The molecule has 112 valence electrons. The Labute approximate surface area is 129 Å². The molecule has 0 bridgehead atoms. The van der Waals surface area contributed by atoms with Crippen LogP contribution in [0.4, 0.5) is 0 Å². The van der Waals surface area contributed by atoms with E-state index in [4.69, 9.17) is 16.7 Å². The number of carboxylic acid groups (broad SMARTS) is 1. The van der Waals surface area contributed by atoms with Gasteiger partial charge in [0.25, 0.3) is 0 Å². The average molecular weight is 308 g/mol. The average Bonchev–Trinajstić information content (AvgIpc) is 2.44. The van der Waals surface area contributed by atoms with E-state index in [2.05, 4.69) is 0 Å². The number of hydrogen-bond donors (Lipinski definition) is 1. The molecule has 0 saturated carbocycles. The van der Waals surface area contributed by atoms with Gasteiger partial charge in [0.15, 0.2) is 0 Å². The van der Waals surface area contributed by atoms with Crippen molar-refractivity contribution in [3.8, 4) is 0 Å². The molecule has 0 radical (unpaired) electrons. The minimum Gasteiger partial charge on any atom is -0.481 e. The molecule has 1 saturated heterocycles. The number of amides is 1. The van der Waals surface area contributed by atoms with E-state index in [1.54, 1.807) is 23.1 Å². The maximum Gasteiger partial charge on any atom is 0.306 e. The molecular weight excluding hydrogens is 290 g/mol. The van der Waals surface area contributed by atoms with Gasteiger partial charge in [0.2, 0.25) is 5.91 Å². The van der Waals surface area contributed by atoms with Crippen LogP contribution in [0.2, 0.25) is 5.02 Å². The highest BCUT2D eigenvalue weighted by Crippen LogP contribution is 2.23. The Bertz CT molecular complexity index is 570. The Morgan fingerprint density at radius 2 is 2.19 bits per heavy atom. The van der Waals surface area contributed by atoms with Crippen LogP contribution in [0.25, 0.3) is 6.08 Å². The molecule has 1 aliphatic rings. The van der Waals surface area contributed by atoms with Gasteiger partial charge in [-0.15, -0.1) is 0 Å². The van der Waals surface area contributed by atoms with Gasteiger partial charge in [-0.3, -0.25) is 9.59 Å². The summed E-state index contributed by atoms with van der Waals surface area (Å²) < 4.78 is 0. The van der Waals surface area contributed by atoms with Gasteiger partial charge in [0.05, 0.1) is 5.92 Å². The highest BCUT2D eigenvalue weighted by molar-refractivity contribution is 6.30. The Morgan fingerprint density at radius 1 is 1.43 bits per heavy atom. The first-order valence-corrected chi connectivity index (χ1v) is 7.32. The van der Waals surface area contributed by atoms with Crippen LogP contribution in [0.1, 0.15) is 25.3 Å². The van der Waals surface area contributed by atoms with Crippen molar-refractivity contribution in [3.05, 3.63) is 40.9 Å². The van der Waals surface area contributed by atoms with Crippen molar-refractivity contribution >= 4 is 29.6 Å². The second-order valence-corrected chi connectivity index (χ2v) is 5.76. The standard InChI is InChI=1S/C16H18ClNO3/c1-11-9-13(16(20)21)7-8-18(11)15(19)6-5-12-3-2-4-14(17)10-12/h2-6,10-11,13H,7-9H2,1H3,(H,20,21)/b6-5+. The van der Waals surface area contributed by atoms with Gasteiger partial charge in [0.1, 0.15) is 0 Å². The lowest BCUT2D eigenvalue weighted by Crippen LogP contribution is -2.45. The van der Waals surface area contributed by atoms with E-state index >= 15 is 0 Å². The van der Waals surface area contributed by atoms with Crippen molar-refractivity contribution in [1.82, 2.24) is 4.90 Å². The first kappa shape index (κ1) is 15.6. The summed E-state index contributed by atoms with van der Waals surface area (Å²) in [6.07, 6.45) is 4.26. The molecule has 1 N–H and O–H groups in total. The SMILES string of the molecule is CC1CC(C(=O)O)CCN1C(=O)/C=C/c1cccc(Cl)c1. The number of likely N-dealkylation sites (tertiary alicyclic amines) is 1. The molecule has 5 heteroatoms. The van der Waals surface area contributed by atoms with E-state index in [0.29, 0.717) is 24.4 Å². The number of carbonyl (C=O) groups excluding carboxylic acids is 1. The molecule has 2 atom stereocenters.